The molecule has 0 radical (unpaired) electrons. The van der Waals surface area contributed by atoms with E-state index in [9.17, 15) is 4.39 Å². The number of benzene rings is 2. The van der Waals surface area contributed by atoms with Crippen molar-refractivity contribution in [2.24, 2.45) is 0 Å². The molecule has 0 spiro atoms. The number of aromatic nitrogens is 2. The van der Waals surface area contributed by atoms with Crippen molar-refractivity contribution >= 4 is 11.0 Å². The van der Waals surface area contributed by atoms with Gasteiger partial charge in [0.05, 0.1) is 11.0 Å². The molecule has 3 saturated heterocycles. The van der Waals surface area contributed by atoms with Crippen LogP contribution in [0.4, 0.5) is 4.39 Å². The van der Waals surface area contributed by atoms with Crippen LogP contribution in [0.5, 0.6) is 0 Å². The van der Waals surface area contributed by atoms with Gasteiger partial charge in [-0.05, 0) is 94.6 Å². The number of fused-ring (bicyclic) bond motifs is 3. The predicted octanol–water partition coefficient (Wildman–Crippen LogP) is 5.36. The first-order valence-electron chi connectivity index (χ1n) is 12.8. The number of halogens is 1. The molecule has 0 amide bonds. The van der Waals surface area contributed by atoms with E-state index in [-0.39, 0.29) is 5.82 Å². The third kappa shape index (κ3) is 3.79. The molecule has 4 nitrogen and oxygen atoms in total. The number of hydrogen-bond donors (Lipinski definition) is 1. The summed E-state index contributed by atoms with van der Waals surface area (Å²) in [6, 6.07) is 18.1. The summed E-state index contributed by atoms with van der Waals surface area (Å²) in [5.41, 5.74) is 3.72. The van der Waals surface area contributed by atoms with E-state index in [1.807, 2.05) is 6.07 Å². The summed E-state index contributed by atoms with van der Waals surface area (Å²) in [6.45, 7) is 5.52. The van der Waals surface area contributed by atoms with E-state index >= 15 is 0 Å². The van der Waals surface area contributed by atoms with E-state index in [1.54, 1.807) is 12.1 Å². The van der Waals surface area contributed by atoms with E-state index in [0.717, 1.165) is 29.9 Å². The van der Waals surface area contributed by atoms with Gasteiger partial charge in [-0.25, -0.2) is 9.37 Å². The van der Waals surface area contributed by atoms with Gasteiger partial charge in [0.25, 0.3) is 0 Å². The minimum Gasteiger partial charge on any atom is -0.325 e. The fraction of sp³-hybridized carbons (Fsp3) is 0.536. The summed E-state index contributed by atoms with van der Waals surface area (Å²) in [4.78, 5) is 7.53. The molecule has 1 aromatic heterocycles. The van der Waals surface area contributed by atoms with E-state index in [0.29, 0.717) is 23.5 Å². The molecule has 33 heavy (non-hydrogen) atoms. The summed E-state index contributed by atoms with van der Waals surface area (Å²) in [7, 11) is 0. The Morgan fingerprint density at radius 2 is 1.73 bits per heavy atom. The molecule has 6 rings (SSSR count). The van der Waals surface area contributed by atoms with Crippen molar-refractivity contribution in [3.05, 3.63) is 65.7 Å². The lowest BCUT2D eigenvalue weighted by Gasteiger charge is -2.44. The van der Waals surface area contributed by atoms with Crippen LogP contribution in [0.2, 0.25) is 0 Å². The van der Waals surface area contributed by atoms with Gasteiger partial charge in [-0.3, -0.25) is 4.90 Å². The first-order valence-corrected chi connectivity index (χ1v) is 12.8. The van der Waals surface area contributed by atoms with Gasteiger partial charge in [0, 0.05) is 24.2 Å². The highest BCUT2D eigenvalue weighted by Gasteiger charge is 2.43. The van der Waals surface area contributed by atoms with Crippen molar-refractivity contribution in [3.8, 4) is 0 Å². The van der Waals surface area contributed by atoms with Crippen molar-refractivity contribution in [2.45, 2.75) is 75.4 Å². The number of piperidine rings is 2. The minimum atomic E-state index is -0.202. The highest BCUT2D eigenvalue weighted by atomic mass is 19.1. The van der Waals surface area contributed by atoms with Crippen molar-refractivity contribution < 1.29 is 4.39 Å². The largest absolute Gasteiger partial charge is 0.325 e. The Balaban J connectivity index is 1.20. The van der Waals surface area contributed by atoms with E-state index in [1.165, 1.54) is 57.1 Å². The average Bonchev–Trinajstić information content (AvgIpc) is 3.29. The second kappa shape index (κ2) is 8.52. The number of aryl methyl sites for hydroxylation is 1. The summed E-state index contributed by atoms with van der Waals surface area (Å²) < 4.78 is 16.1. The first kappa shape index (κ1) is 21.3. The fourth-order valence-electron chi connectivity index (χ4n) is 7.20. The number of imidazole rings is 1. The van der Waals surface area contributed by atoms with Gasteiger partial charge < -0.3 is 9.88 Å². The van der Waals surface area contributed by atoms with Gasteiger partial charge in [0.2, 0.25) is 0 Å². The SMILES string of the molecule is Cc1nc2cc(F)ccc2n1C1C[C@H]2CC[C@@H](C1)N2CCC1(c2ccccc2)CCNCC1. The van der Waals surface area contributed by atoms with Gasteiger partial charge in [-0.2, -0.15) is 0 Å². The van der Waals surface area contributed by atoms with Crippen LogP contribution >= 0.6 is 0 Å². The molecular formula is C28H35FN4. The zero-order valence-electron chi connectivity index (χ0n) is 19.6. The maximum absolute atomic E-state index is 13.7. The molecule has 4 heterocycles. The Morgan fingerprint density at radius 3 is 2.45 bits per heavy atom. The molecule has 0 saturated carbocycles. The number of nitrogens with zero attached hydrogens (tertiary/aromatic N) is 3. The second-order valence-corrected chi connectivity index (χ2v) is 10.6. The fourth-order valence-corrected chi connectivity index (χ4v) is 7.20. The van der Waals surface area contributed by atoms with Crippen molar-refractivity contribution in [2.75, 3.05) is 19.6 Å². The number of nitrogens with one attached hydrogen (secondary N) is 1. The Hall–Kier alpha value is -2.24. The molecule has 3 aliphatic heterocycles. The maximum Gasteiger partial charge on any atom is 0.125 e. The van der Waals surface area contributed by atoms with E-state index < -0.39 is 0 Å². The van der Waals surface area contributed by atoms with Crippen LogP contribution in [0.3, 0.4) is 0 Å². The predicted molar refractivity (Wildman–Crippen MR) is 131 cm³/mol. The third-order valence-electron chi connectivity index (χ3n) is 8.85. The van der Waals surface area contributed by atoms with Crippen LogP contribution in [0.25, 0.3) is 11.0 Å². The quantitative estimate of drug-likeness (QED) is 0.573. The standard InChI is InChI=1S/C28H35FN4/c1-20-31-26-17-22(29)7-10-27(26)33(20)25-18-23-8-9-24(19-25)32(23)16-13-28(11-14-30-15-12-28)21-5-3-2-4-6-21/h2-7,10,17,23-25,30H,8-9,11-16,18-19H2,1H3/t23-,24+,25?. The topological polar surface area (TPSA) is 33.1 Å². The number of rotatable bonds is 5. The van der Waals surface area contributed by atoms with Crippen molar-refractivity contribution in [1.29, 1.82) is 0 Å². The molecule has 1 unspecified atom stereocenters. The van der Waals surface area contributed by atoms with Crippen LogP contribution < -0.4 is 5.32 Å². The number of hydrogen-bond acceptors (Lipinski definition) is 3. The van der Waals surface area contributed by atoms with Crippen LogP contribution in [0.1, 0.15) is 62.4 Å². The Morgan fingerprint density at radius 1 is 1.00 bits per heavy atom. The second-order valence-electron chi connectivity index (χ2n) is 10.6. The van der Waals surface area contributed by atoms with Gasteiger partial charge in [-0.1, -0.05) is 30.3 Å². The average molecular weight is 447 g/mol. The third-order valence-corrected chi connectivity index (χ3v) is 8.85. The van der Waals surface area contributed by atoms with Gasteiger partial charge in [0.1, 0.15) is 11.6 Å². The van der Waals surface area contributed by atoms with E-state index in [2.05, 4.69) is 57.0 Å². The molecule has 5 heteroatoms. The van der Waals surface area contributed by atoms with E-state index in [4.69, 9.17) is 0 Å². The van der Waals surface area contributed by atoms with Gasteiger partial charge >= 0.3 is 0 Å². The van der Waals surface area contributed by atoms with Crippen LogP contribution in [0, 0.1) is 12.7 Å². The molecule has 3 aromatic rings. The minimum absolute atomic E-state index is 0.202. The van der Waals surface area contributed by atoms with Crippen molar-refractivity contribution in [1.82, 2.24) is 19.8 Å². The van der Waals surface area contributed by atoms with Gasteiger partial charge in [-0.15, -0.1) is 0 Å². The molecule has 0 aliphatic carbocycles. The van der Waals surface area contributed by atoms with Crippen LogP contribution in [-0.4, -0.2) is 46.2 Å². The Kier molecular flexibility index (Phi) is 5.50. The van der Waals surface area contributed by atoms with Crippen LogP contribution in [-0.2, 0) is 5.41 Å². The van der Waals surface area contributed by atoms with Gasteiger partial charge in [0.15, 0.2) is 0 Å². The molecule has 3 atom stereocenters. The highest BCUT2D eigenvalue weighted by molar-refractivity contribution is 5.76. The molecule has 1 N–H and O–H groups in total. The molecule has 2 aromatic carbocycles. The lowest BCUT2D eigenvalue weighted by Crippen LogP contribution is -2.47. The summed E-state index contributed by atoms with van der Waals surface area (Å²) >= 11 is 0. The first-order chi connectivity index (χ1) is 16.1. The molecule has 174 valence electrons. The molecule has 2 bridgehead atoms. The zero-order valence-corrected chi connectivity index (χ0v) is 19.6. The normalized spacial score (nSPS) is 27.3. The molecule has 3 fully saturated rings. The molecule has 3 aliphatic rings. The summed E-state index contributed by atoms with van der Waals surface area (Å²) in [5, 5.41) is 3.58. The smallest absolute Gasteiger partial charge is 0.125 e. The molecular weight excluding hydrogens is 411 g/mol. The van der Waals surface area contributed by atoms with Crippen molar-refractivity contribution in [3.63, 3.8) is 0 Å². The zero-order chi connectivity index (χ0) is 22.4. The lowest BCUT2D eigenvalue weighted by molar-refractivity contribution is 0.0929. The lowest BCUT2D eigenvalue weighted by atomic mass is 9.70. The highest BCUT2D eigenvalue weighted by Crippen LogP contribution is 2.44. The summed E-state index contributed by atoms with van der Waals surface area (Å²) in [6.07, 6.45) is 8.70. The maximum atomic E-state index is 13.7. The summed E-state index contributed by atoms with van der Waals surface area (Å²) in [5.74, 6) is 0.818. The Labute approximate surface area is 196 Å². The monoisotopic (exact) mass is 446 g/mol. The Bertz CT molecular complexity index is 1100. The van der Waals surface area contributed by atoms with Crippen LogP contribution in [0.15, 0.2) is 48.5 Å².